The van der Waals surface area contributed by atoms with Gasteiger partial charge in [0, 0.05) is 12.2 Å². The van der Waals surface area contributed by atoms with Gasteiger partial charge in [-0.25, -0.2) is 4.98 Å². The van der Waals surface area contributed by atoms with Crippen molar-refractivity contribution in [2.45, 2.75) is 40.3 Å². The number of anilines is 1. The Kier molecular flexibility index (Phi) is 5.20. The maximum absolute atomic E-state index is 13.4. The SMILES string of the molecule is Cc1ccc(C)c2sc(N(Cc3ccccc3)C(=O)c3ccn(C(C)C)n3)nc12. The fourth-order valence-electron chi connectivity index (χ4n) is 3.23. The zero-order valence-corrected chi connectivity index (χ0v) is 17.9. The van der Waals surface area contributed by atoms with Crippen LogP contribution in [0.1, 0.15) is 47.1 Å². The van der Waals surface area contributed by atoms with E-state index in [1.807, 2.05) is 50.4 Å². The third-order valence-corrected chi connectivity index (χ3v) is 6.16. The molecule has 6 heteroatoms. The fraction of sp³-hybridized carbons (Fsp3) is 0.261. The predicted molar refractivity (Wildman–Crippen MR) is 119 cm³/mol. The molecule has 0 fully saturated rings. The molecular formula is C23H24N4OS. The topological polar surface area (TPSA) is 51.0 Å². The van der Waals surface area contributed by atoms with Crippen LogP contribution < -0.4 is 4.90 Å². The first-order chi connectivity index (χ1) is 13.9. The number of nitrogens with zero attached hydrogens (tertiary/aromatic N) is 4. The summed E-state index contributed by atoms with van der Waals surface area (Å²) in [5, 5.41) is 5.19. The van der Waals surface area contributed by atoms with Gasteiger partial charge >= 0.3 is 0 Å². The minimum Gasteiger partial charge on any atom is -0.278 e. The highest BCUT2D eigenvalue weighted by atomic mass is 32.1. The van der Waals surface area contributed by atoms with Crippen molar-refractivity contribution >= 4 is 32.6 Å². The molecule has 29 heavy (non-hydrogen) atoms. The summed E-state index contributed by atoms with van der Waals surface area (Å²) in [5.74, 6) is -0.136. The number of aryl methyl sites for hydroxylation is 2. The number of carbonyl (C=O) groups is 1. The number of thiazole rings is 1. The van der Waals surface area contributed by atoms with Crippen LogP contribution in [0, 0.1) is 13.8 Å². The van der Waals surface area contributed by atoms with Gasteiger partial charge in [0.25, 0.3) is 5.91 Å². The summed E-state index contributed by atoms with van der Waals surface area (Å²) in [6, 6.07) is 16.2. The van der Waals surface area contributed by atoms with E-state index >= 15 is 0 Å². The molecule has 0 N–H and O–H groups in total. The van der Waals surface area contributed by atoms with Crippen LogP contribution in [0.25, 0.3) is 10.2 Å². The van der Waals surface area contributed by atoms with Gasteiger partial charge in [0.1, 0.15) is 0 Å². The van der Waals surface area contributed by atoms with Gasteiger partial charge in [-0.2, -0.15) is 5.10 Å². The summed E-state index contributed by atoms with van der Waals surface area (Å²) < 4.78 is 2.93. The maximum atomic E-state index is 13.4. The maximum Gasteiger partial charge on any atom is 0.280 e. The Bertz CT molecular complexity index is 1120. The molecule has 2 aromatic carbocycles. The molecule has 0 unspecified atom stereocenters. The number of aromatic nitrogens is 3. The Labute approximate surface area is 174 Å². The first-order valence-electron chi connectivity index (χ1n) is 9.71. The zero-order valence-electron chi connectivity index (χ0n) is 17.1. The highest BCUT2D eigenvalue weighted by Crippen LogP contribution is 2.34. The van der Waals surface area contributed by atoms with Gasteiger partial charge in [-0.05, 0) is 50.5 Å². The number of benzene rings is 2. The Hall–Kier alpha value is -2.99. The molecule has 0 saturated carbocycles. The second kappa shape index (κ2) is 7.79. The van der Waals surface area contributed by atoms with E-state index in [4.69, 9.17) is 4.98 Å². The number of hydrogen-bond acceptors (Lipinski definition) is 4. The molecule has 2 heterocycles. The number of hydrogen-bond donors (Lipinski definition) is 0. The van der Waals surface area contributed by atoms with Crippen molar-refractivity contribution in [1.82, 2.24) is 14.8 Å². The Morgan fingerprint density at radius 1 is 1.07 bits per heavy atom. The van der Waals surface area contributed by atoms with Crippen molar-refractivity contribution in [3.63, 3.8) is 0 Å². The Balaban J connectivity index is 1.78. The van der Waals surface area contributed by atoms with Crippen molar-refractivity contribution in [1.29, 1.82) is 0 Å². The molecule has 0 saturated heterocycles. The second-order valence-corrected chi connectivity index (χ2v) is 8.50. The van der Waals surface area contributed by atoms with Gasteiger partial charge in [-0.3, -0.25) is 14.4 Å². The highest BCUT2D eigenvalue weighted by molar-refractivity contribution is 7.22. The highest BCUT2D eigenvalue weighted by Gasteiger charge is 2.24. The van der Waals surface area contributed by atoms with Crippen LogP contribution in [0.3, 0.4) is 0 Å². The minimum absolute atomic E-state index is 0.136. The van der Waals surface area contributed by atoms with Crippen LogP contribution in [-0.2, 0) is 6.54 Å². The van der Waals surface area contributed by atoms with Crippen LogP contribution in [0.5, 0.6) is 0 Å². The van der Waals surface area contributed by atoms with Gasteiger partial charge in [0.2, 0.25) is 0 Å². The molecule has 5 nitrogen and oxygen atoms in total. The third-order valence-electron chi connectivity index (χ3n) is 4.95. The molecule has 0 radical (unpaired) electrons. The van der Waals surface area contributed by atoms with E-state index in [0.29, 0.717) is 17.4 Å². The van der Waals surface area contributed by atoms with Crippen LogP contribution >= 0.6 is 11.3 Å². The van der Waals surface area contributed by atoms with Crippen LogP contribution in [0.4, 0.5) is 5.13 Å². The number of carbonyl (C=O) groups excluding carboxylic acids is 1. The molecule has 0 bridgehead atoms. The molecule has 4 rings (SSSR count). The van der Waals surface area contributed by atoms with Crippen LogP contribution in [-0.4, -0.2) is 20.7 Å². The number of fused-ring (bicyclic) bond motifs is 1. The standard InChI is InChI=1S/C23H24N4OS/c1-15(2)27-13-12-19(25-27)22(28)26(14-18-8-6-5-7-9-18)23-24-20-16(3)10-11-17(4)21(20)29-23/h5-13,15H,14H2,1-4H3. The van der Waals surface area contributed by atoms with Crippen molar-refractivity contribution in [3.8, 4) is 0 Å². The van der Waals surface area contributed by atoms with E-state index in [1.165, 1.54) is 5.56 Å². The lowest BCUT2D eigenvalue weighted by Gasteiger charge is -2.19. The van der Waals surface area contributed by atoms with Gasteiger partial charge in [0.15, 0.2) is 10.8 Å². The number of amides is 1. The molecule has 0 atom stereocenters. The average molecular weight is 405 g/mol. The monoisotopic (exact) mass is 404 g/mol. The van der Waals surface area contributed by atoms with Crippen molar-refractivity contribution < 1.29 is 4.79 Å². The first-order valence-corrected chi connectivity index (χ1v) is 10.5. The normalized spacial score (nSPS) is 11.3. The van der Waals surface area contributed by atoms with Crippen LogP contribution in [0.2, 0.25) is 0 Å². The van der Waals surface area contributed by atoms with Gasteiger partial charge < -0.3 is 0 Å². The van der Waals surface area contributed by atoms with E-state index in [0.717, 1.165) is 21.3 Å². The van der Waals surface area contributed by atoms with E-state index in [2.05, 4.69) is 31.1 Å². The average Bonchev–Trinajstić information content (AvgIpc) is 3.37. The molecule has 2 aromatic heterocycles. The molecule has 1 amide bonds. The quantitative estimate of drug-likeness (QED) is 0.439. The Morgan fingerprint density at radius 3 is 2.45 bits per heavy atom. The smallest absolute Gasteiger partial charge is 0.278 e. The second-order valence-electron chi connectivity index (χ2n) is 7.53. The van der Waals surface area contributed by atoms with E-state index < -0.39 is 0 Å². The van der Waals surface area contributed by atoms with E-state index in [9.17, 15) is 4.79 Å². The predicted octanol–water partition coefficient (Wildman–Crippen LogP) is 5.54. The van der Waals surface area contributed by atoms with E-state index in [1.54, 1.807) is 27.0 Å². The summed E-state index contributed by atoms with van der Waals surface area (Å²) >= 11 is 1.56. The summed E-state index contributed by atoms with van der Waals surface area (Å²) in [7, 11) is 0. The lowest BCUT2D eigenvalue weighted by Crippen LogP contribution is -2.30. The number of rotatable bonds is 5. The van der Waals surface area contributed by atoms with Crippen LogP contribution in [0.15, 0.2) is 54.7 Å². The fourth-order valence-corrected chi connectivity index (χ4v) is 4.34. The van der Waals surface area contributed by atoms with Gasteiger partial charge in [0.05, 0.1) is 16.8 Å². The minimum atomic E-state index is -0.136. The zero-order chi connectivity index (χ0) is 20.5. The van der Waals surface area contributed by atoms with Crippen molar-refractivity contribution in [2.75, 3.05) is 4.90 Å². The lowest BCUT2D eigenvalue weighted by atomic mass is 10.1. The molecule has 0 aliphatic rings. The summed E-state index contributed by atoms with van der Waals surface area (Å²) in [5.41, 5.74) is 4.73. The van der Waals surface area contributed by atoms with Crippen molar-refractivity contribution in [2.24, 2.45) is 0 Å². The third kappa shape index (κ3) is 3.80. The summed E-state index contributed by atoms with van der Waals surface area (Å²) in [4.78, 5) is 20.0. The molecule has 4 aromatic rings. The van der Waals surface area contributed by atoms with Gasteiger partial charge in [-0.15, -0.1) is 0 Å². The molecular weight excluding hydrogens is 380 g/mol. The summed E-state index contributed by atoms with van der Waals surface area (Å²) in [6.07, 6.45) is 1.85. The molecule has 0 aliphatic carbocycles. The lowest BCUT2D eigenvalue weighted by molar-refractivity contribution is 0.0979. The first kappa shape index (κ1) is 19.3. The summed E-state index contributed by atoms with van der Waals surface area (Å²) in [6.45, 7) is 8.67. The molecule has 0 aliphatic heterocycles. The van der Waals surface area contributed by atoms with E-state index in [-0.39, 0.29) is 11.9 Å². The van der Waals surface area contributed by atoms with Gasteiger partial charge in [-0.1, -0.05) is 53.8 Å². The molecule has 148 valence electrons. The Morgan fingerprint density at radius 2 is 1.79 bits per heavy atom. The largest absolute Gasteiger partial charge is 0.280 e. The van der Waals surface area contributed by atoms with Crippen molar-refractivity contribution in [3.05, 3.63) is 77.1 Å². The molecule has 0 spiro atoms.